The molecule has 1 aromatic carbocycles. The van der Waals surface area contributed by atoms with Crippen molar-refractivity contribution in [1.82, 2.24) is 10.5 Å². The van der Waals surface area contributed by atoms with Gasteiger partial charge in [-0.25, -0.2) is 0 Å². The highest BCUT2D eigenvalue weighted by Crippen LogP contribution is 2.21. The quantitative estimate of drug-likeness (QED) is 0.759. The number of amides is 1. The molecule has 0 spiro atoms. The van der Waals surface area contributed by atoms with Crippen LogP contribution in [0.5, 0.6) is 5.75 Å². The van der Waals surface area contributed by atoms with Crippen molar-refractivity contribution in [2.45, 2.75) is 38.3 Å². The van der Waals surface area contributed by atoms with E-state index in [1.807, 2.05) is 30.3 Å². The van der Waals surface area contributed by atoms with Gasteiger partial charge < -0.3 is 20.3 Å². The summed E-state index contributed by atoms with van der Waals surface area (Å²) in [6.07, 6.45) is 2.30. The van der Waals surface area contributed by atoms with Crippen LogP contribution in [0.3, 0.4) is 0 Å². The second-order valence-electron chi connectivity index (χ2n) is 6.25. The number of nitriles is 1. The maximum atomic E-state index is 12.3. The molecule has 25 heavy (non-hydrogen) atoms. The van der Waals surface area contributed by atoms with Gasteiger partial charge in [-0.3, -0.25) is 4.79 Å². The first-order valence-electron chi connectivity index (χ1n) is 7.99. The van der Waals surface area contributed by atoms with E-state index in [1.54, 1.807) is 13.8 Å². The van der Waals surface area contributed by atoms with Crippen molar-refractivity contribution in [3.05, 3.63) is 47.9 Å². The number of carbonyl (C=O) groups excluding carboxylic acids is 1. The predicted molar refractivity (Wildman–Crippen MR) is 91.5 cm³/mol. The van der Waals surface area contributed by atoms with Crippen molar-refractivity contribution in [2.24, 2.45) is 5.73 Å². The van der Waals surface area contributed by atoms with Gasteiger partial charge in [0.05, 0.1) is 11.6 Å². The van der Waals surface area contributed by atoms with E-state index in [2.05, 4.69) is 16.5 Å². The lowest BCUT2D eigenvalue weighted by Crippen LogP contribution is -2.51. The first-order chi connectivity index (χ1) is 11.9. The highest BCUT2D eigenvalue weighted by molar-refractivity contribution is 5.85. The molecule has 2 aromatic rings. The minimum atomic E-state index is -1.04. The van der Waals surface area contributed by atoms with Crippen LogP contribution in [0.15, 0.2) is 41.1 Å². The van der Waals surface area contributed by atoms with Crippen molar-refractivity contribution in [3.8, 4) is 11.8 Å². The van der Waals surface area contributed by atoms with Gasteiger partial charge in [-0.2, -0.15) is 5.26 Å². The summed E-state index contributed by atoms with van der Waals surface area (Å²) in [5.41, 5.74) is 6.13. The molecule has 7 nitrogen and oxygen atoms in total. The Morgan fingerprint density at radius 1 is 1.44 bits per heavy atom. The lowest BCUT2D eigenvalue weighted by atomic mass is 10.0. The van der Waals surface area contributed by atoms with Gasteiger partial charge in [0.15, 0.2) is 0 Å². The van der Waals surface area contributed by atoms with E-state index in [4.69, 9.17) is 20.3 Å². The Kier molecular flexibility index (Phi) is 6.14. The fraction of sp³-hybridized carbons (Fsp3) is 0.389. The Labute approximate surface area is 146 Å². The third-order valence-electron chi connectivity index (χ3n) is 3.56. The average molecular weight is 342 g/mol. The van der Waals surface area contributed by atoms with Crippen molar-refractivity contribution in [2.75, 3.05) is 6.61 Å². The first-order valence-corrected chi connectivity index (χ1v) is 7.99. The summed E-state index contributed by atoms with van der Waals surface area (Å²) in [6, 6.07) is 10.8. The number of aromatic nitrogens is 1. The molecular weight excluding hydrogens is 320 g/mol. The van der Waals surface area contributed by atoms with Gasteiger partial charge in [-0.15, -0.1) is 0 Å². The molecule has 2 rings (SSSR count). The van der Waals surface area contributed by atoms with Gasteiger partial charge in [-0.05, 0) is 32.4 Å². The van der Waals surface area contributed by atoms with Gasteiger partial charge in [0, 0.05) is 12.0 Å². The number of hydrogen-bond donors (Lipinski definition) is 2. The van der Waals surface area contributed by atoms with E-state index in [-0.39, 0.29) is 12.5 Å². The SMILES string of the molecule is CC(C)(N)C(=O)NC(COc1ccccc1)c1nocc1CCC#N. The lowest BCUT2D eigenvalue weighted by molar-refractivity contribution is -0.126. The molecule has 1 heterocycles. The molecule has 0 aliphatic heterocycles. The molecule has 7 heteroatoms. The third kappa shape index (κ3) is 5.33. The van der Waals surface area contributed by atoms with E-state index < -0.39 is 11.6 Å². The van der Waals surface area contributed by atoms with Crippen LogP contribution >= 0.6 is 0 Å². The van der Waals surface area contributed by atoms with Crippen molar-refractivity contribution < 1.29 is 14.1 Å². The molecule has 0 aliphatic carbocycles. The number of hydrogen-bond acceptors (Lipinski definition) is 6. The highest BCUT2D eigenvalue weighted by Gasteiger charge is 2.28. The molecule has 3 N–H and O–H groups in total. The predicted octanol–water partition coefficient (Wildman–Crippen LogP) is 2.10. The number of aryl methyl sites for hydroxylation is 1. The Morgan fingerprint density at radius 2 is 2.16 bits per heavy atom. The molecule has 1 unspecified atom stereocenters. The molecule has 132 valence electrons. The molecule has 0 fully saturated rings. The van der Waals surface area contributed by atoms with Crippen LogP contribution < -0.4 is 15.8 Å². The summed E-state index contributed by atoms with van der Waals surface area (Å²) in [6.45, 7) is 3.41. The number of nitrogens with two attached hydrogens (primary N) is 1. The number of rotatable bonds is 8. The van der Waals surface area contributed by atoms with Crippen molar-refractivity contribution in [1.29, 1.82) is 5.26 Å². The van der Waals surface area contributed by atoms with Crippen molar-refractivity contribution >= 4 is 5.91 Å². The zero-order valence-corrected chi connectivity index (χ0v) is 14.4. The topological polar surface area (TPSA) is 114 Å². The van der Waals surface area contributed by atoms with Crippen molar-refractivity contribution in [3.63, 3.8) is 0 Å². The van der Waals surface area contributed by atoms with Crippen LogP contribution in [0.25, 0.3) is 0 Å². The summed E-state index contributed by atoms with van der Waals surface area (Å²) in [7, 11) is 0. The summed E-state index contributed by atoms with van der Waals surface area (Å²) in [5, 5.41) is 15.6. The Morgan fingerprint density at radius 3 is 2.80 bits per heavy atom. The number of carbonyl (C=O) groups is 1. The number of nitrogens with one attached hydrogen (secondary N) is 1. The minimum Gasteiger partial charge on any atom is -0.491 e. The van der Waals surface area contributed by atoms with Gasteiger partial charge in [0.1, 0.15) is 30.4 Å². The monoisotopic (exact) mass is 342 g/mol. The number of benzene rings is 1. The average Bonchev–Trinajstić information content (AvgIpc) is 3.05. The number of para-hydroxylation sites is 1. The second kappa shape index (κ2) is 8.31. The number of ether oxygens (including phenoxy) is 1. The maximum Gasteiger partial charge on any atom is 0.240 e. The van der Waals surface area contributed by atoms with Gasteiger partial charge in [0.25, 0.3) is 0 Å². The molecule has 0 radical (unpaired) electrons. The Bertz CT molecular complexity index is 729. The molecule has 0 aliphatic rings. The molecule has 1 atom stereocenters. The van der Waals surface area contributed by atoms with Crippen LogP contribution in [0.1, 0.15) is 37.6 Å². The standard InChI is InChI=1S/C18H22N4O3/c1-18(2,20)17(23)21-15(12-24-14-8-4-3-5-9-14)16-13(7-6-10-19)11-25-22-16/h3-5,8-9,11,15H,6-7,12,20H2,1-2H3,(H,21,23). The smallest absolute Gasteiger partial charge is 0.240 e. The van der Waals surface area contributed by atoms with E-state index in [0.29, 0.717) is 24.3 Å². The maximum absolute atomic E-state index is 12.3. The molecule has 1 amide bonds. The van der Waals surface area contributed by atoms with E-state index >= 15 is 0 Å². The first kappa shape index (κ1) is 18.5. The van der Waals surface area contributed by atoms with Crippen LogP contribution in [-0.2, 0) is 11.2 Å². The Hall–Kier alpha value is -2.85. The summed E-state index contributed by atoms with van der Waals surface area (Å²) >= 11 is 0. The molecular formula is C18H22N4O3. The summed E-state index contributed by atoms with van der Waals surface area (Å²) in [5.74, 6) is 0.347. The van der Waals surface area contributed by atoms with Crippen LogP contribution in [0.2, 0.25) is 0 Å². The van der Waals surface area contributed by atoms with Gasteiger partial charge >= 0.3 is 0 Å². The molecule has 0 saturated heterocycles. The van der Waals surface area contributed by atoms with Crippen LogP contribution in [0.4, 0.5) is 0 Å². The third-order valence-corrected chi connectivity index (χ3v) is 3.56. The van der Waals surface area contributed by atoms with Crippen LogP contribution in [-0.4, -0.2) is 23.2 Å². The van der Waals surface area contributed by atoms with E-state index in [1.165, 1.54) is 6.26 Å². The molecule has 0 saturated carbocycles. The normalized spacial score (nSPS) is 12.2. The fourth-order valence-electron chi connectivity index (χ4n) is 2.16. The largest absolute Gasteiger partial charge is 0.491 e. The summed E-state index contributed by atoms with van der Waals surface area (Å²) < 4.78 is 10.8. The zero-order chi connectivity index (χ0) is 18.3. The fourth-order valence-corrected chi connectivity index (χ4v) is 2.16. The lowest BCUT2D eigenvalue weighted by Gasteiger charge is -2.24. The zero-order valence-electron chi connectivity index (χ0n) is 14.4. The van der Waals surface area contributed by atoms with Gasteiger partial charge in [-0.1, -0.05) is 23.4 Å². The summed E-state index contributed by atoms with van der Waals surface area (Å²) in [4.78, 5) is 12.3. The van der Waals surface area contributed by atoms with Gasteiger partial charge in [0.2, 0.25) is 5.91 Å². The molecule has 0 bridgehead atoms. The Balaban J connectivity index is 2.18. The molecule has 1 aromatic heterocycles. The minimum absolute atomic E-state index is 0.165. The van der Waals surface area contributed by atoms with Crippen LogP contribution in [0, 0.1) is 11.3 Å². The van der Waals surface area contributed by atoms with E-state index in [0.717, 1.165) is 5.56 Å². The number of nitrogens with zero attached hydrogens (tertiary/aromatic N) is 2. The van der Waals surface area contributed by atoms with E-state index in [9.17, 15) is 4.79 Å². The second-order valence-corrected chi connectivity index (χ2v) is 6.25. The highest BCUT2D eigenvalue weighted by atomic mass is 16.5.